The van der Waals surface area contributed by atoms with Gasteiger partial charge in [-0.2, -0.15) is 0 Å². The summed E-state index contributed by atoms with van der Waals surface area (Å²) in [4.78, 5) is 13.3. The van der Waals surface area contributed by atoms with Crippen LogP contribution >= 0.6 is 23.4 Å². The van der Waals surface area contributed by atoms with Crippen molar-refractivity contribution in [3.05, 3.63) is 28.8 Å². The molecule has 0 bridgehead atoms. The smallest absolute Gasteiger partial charge is 0.253 e. The van der Waals surface area contributed by atoms with Crippen LogP contribution in [0.15, 0.2) is 23.1 Å². The molecule has 1 aliphatic rings. The number of rotatable bonds is 3. The molecule has 2 rings (SSSR count). The van der Waals surface area contributed by atoms with Crippen LogP contribution < -0.4 is 10.6 Å². The molecule has 19 heavy (non-hydrogen) atoms. The molecular weight excluding hydrogens is 280 g/mol. The van der Waals surface area contributed by atoms with Crippen LogP contribution in [0.2, 0.25) is 5.02 Å². The van der Waals surface area contributed by atoms with Crippen LogP contribution in [0.5, 0.6) is 0 Å². The van der Waals surface area contributed by atoms with E-state index in [0.29, 0.717) is 10.6 Å². The Hall–Kier alpha value is -0.710. The Labute approximate surface area is 123 Å². The third kappa shape index (κ3) is 4.13. The highest BCUT2D eigenvalue weighted by Crippen LogP contribution is 2.23. The van der Waals surface area contributed by atoms with Gasteiger partial charge in [-0.25, -0.2) is 0 Å². The summed E-state index contributed by atoms with van der Waals surface area (Å²) in [6.07, 6.45) is 5.34. The number of nitrogens with one attached hydrogen (secondary N) is 2. The maximum absolute atomic E-state index is 12.3. The Morgan fingerprint density at radius 3 is 3.11 bits per heavy atom. The molecule has 0 saturated carbocycles. The van der Waals surface area contributed by atoms with Gasteiger partial charge in [0.1, 0.15) is 0 Å². The van der Waals surface area contributed by atoms with Crippen molar-refractivity contribution >= 4 is 29.3 Å². The highest BCUT2D eigenvalue weighted by Gasteiger charge is 2.17. The summed E-state index contributed by atoms with van der Waals surface area (Å²) in [5.41, 5.74) is 0.567. The number of carbonyl (C=O) groups excluding carboxylic acids is 1. The largest absolute Gasteiger partial charge is 0.348 e. The summed E-state index contributed by atoms with van der Waals surface area (Å²) in [7, 11) is 0. The molecule has 1 fully saturated rings. The van der Waals surface area contributed by atoms with E-state index in [2.05, 4.69) is 10.6 Å². The first-order chi connectivity index (χ1) is 9.20. The summed E-state index contributed by atoms with van der Waals surface area (Å²) in [5.74, 6) is -0.0744. The predicted molar refractivity (Wildman–Crippen MR) is 81.2 cm³/mol. The molecule has 1 aliphatic heterocycles. The van der Waals surface area contributed by atoms with Gasteiger partial charge in [-0.05, 0) is 43.8 Å². The lowest BCUT2D eigenvalue weighted by Gasteiger charge is -2.17. The van der Waals surface area contributed by atoms with Crippen LogP contribution in [0.1, 0.15) is 29.6 Å². The standard InChI is InChI=1S/C14H19ClN2OS/c1-19-11-5-6-13(15)12(8-11)14(18)17-10-4-2-3-7-16-9-10/h5-6,8,10,16H,2-4,7,9H2,1H3,(H,17,18). The van der Waals surface area contributed by atoms with Crippen molar-refractivity contribution < 1.29 is 4.79 Å². The zero-order valence-corrected chi connectivity index (χ0v) is 12.6. The molecule has 0 aliphatic carbocycles. The minimum absolute atomic E-state index is 0.0744. The molecule has 1 heterocycles. The molecule has 5 heteroatoms. The van der Waals surface area contributed by atoms with Crippen molar-refractivity contribution in [3.63, 3.8) is 0 Å². The molecule has 1 aromatic rings. The summed E-state index contributed by atoms with van der Waals surface area (Å²) in [5, 5.41) is 6.92. The van der Waals surface area contributed by atoms with Gasteiger partial charge in [-0.1, -0.05) is 18.0 Å². The fourth-order valence-corrected chi connectivity index (χ4v) is 2.85. The van der Waals surface area contributed by atoms with E-state index < -0.39 is 0 Å². The molecule has 1 atom stereocenters. The van der Waals surface area contributed by atoms with Gasteiger partial charge < -0.3 is 10.6 Å². The zero-order valence-electron chi connectivity index (χ0n) is 11.0. The molecule has 0 radical (unpaired) electrons. The molecule has 1 saturated heterocycles. The maximum atomic E-state index is 12.3. The third-order valence-electron chi connectivity index (χ3n) is 3.30. The number of hydrogen-bond acceptors (Lipinski definition) is 3. The van der Waals surface area contributed by atoms with E-state index in [9.17, 15) is 4.79 Å². The van der Waals surface area contributed by atoms with Crippen LogP contribution in [0.25, 0.3) is 0 Å². The Morgan fingerprint density at radius 1 is 1.47 bits per heavy atom. The number of amides is 1. The van der Waals surface area contributed by atoms with E-state index >= 15 is 0 Å². The third-order valence-corrected chi connectivity index (χ3v) is 4.36. The Morgan fingerprint density at radius 2 is 2.32 bits per heavy atom. The number of benzene rings is 1. The van der Waals surface area contributed by atoms with Gasteiger partial charge in [0.25, 0.3) is 5.91 Å². The number of hydrogen-bond donors (Lipinski definition) is 2. The summed E-state index contributed by atoms with van der Waals surface area (Å²) in [6.45, 7) is 1.88. The molecule has 1 aromatic carbocycles. The van der Waals surface area contributed by atoms with Crippen molar-refractivity contribution in [3.8, 4) is 0 Å². The summed E-state index contributed by atoms with van der Waals surface area (Å²) < 4.78 is 0. The summed E-state index contributed by atoms with van der Waals surface area (Å²) in [6, 6.07) is 5.76. The van der Waals surface area contributed by atoms with Crippen molar-refractivity contribution in [2.45, 2.75) is 30.2 Å². The molecule has 2 N–H and O–H groups in total. The van der Waals surface area contributed by atoms with Gasteiger partial charge >= 0.3 is 0 Å². The van der Waals surface area contributed by atoms with Gasteiger partial charge in [0.15, 0.2) is 0 Å². The maximum Gasteiger partial charge on any atom is 0.253 e. The average Bonchev–Trinajstić information content (AvgIpc) is 2.68. The summed E-state index contributed by atoms with van der Waals surface area (Å²) >= 11 is 7.72. The van der Waals surface area contributed by atoms with E-state index in [1.807, 2.05) is 18.4 Å². The SMILES string of the molecule is CSc1ccc(Cl)c(C(=O)NC2CCCCNC2)c1. The predicted octanol–water partition coefficient (Wildman–Crippen LogP) is 2.93. The van der Waals surface area contributed by atoms with Gasteiger partial charge in [-0.3, -0.25) is 4.79 Å². The topological polar surface area (TPSA) is 41.1 Å². The minimum atomic E-state index is -0.0744. The van der Waals surface area contributed by atoms with Crippen molar-refractivity contribution in [1.29, 1.82) is 0 Å². The highest BCUT2D eigenvalue weighted by molar-refractivity contribution is 7.98. The number of carbonyl (C=O) groups is 1. The first-order valence-electron chi connectivity index (χ1n) is 6.56. The van der Waals surface area contributed by atoms with Gasteiger partial charge in [0.2, 0.25) is 0 Å². The number of halogens is 1. The first-order valence-corrected chi connectivity index (χ1v) is 8.16. The molecule has 1 unspecified atom stereocenters. The second-order valence-corrected chi connectivity index (χ2v) is 6.00. The molecule has 0 spiro atoms. The van der Waals surface area contributed by atoms with E-state index in [4.69, 9.17) is 11.6 Å². The van der Waals surface area contributed by atoms with Crippen LogP contribution in [0.3, 0.4) is 0 Å². The average molecular weight is 299 g/mol. The molecule has 3 nitrogen and oxygen atoms in total. The Kier molecular flexibility index (Phi) is 5.55. The first kappa shape index (κ1) is 14.7. The lowest BCUT2D eigenvalue weighted by molar-refractivity contribution is 0.0935. The van der Waals surface area contributed by atoms with Crippen LogP contribution in [0, 0.1) is 0 Å². The highest BCUT2D eigenvalue weighted by atomic mass is 35.5. The minimum Gasteiger partial charge on any atom is -0.348 e. The fraction of sp³-hybridized carbons (Fsp3) is 0.500. The molecule has 104 valence electrons. The van der Waals surface area contributed by atoms with Crippen molar-refractivity contribution in [2.75, 3.05) is 19.3 Å². The number of thioether (sulfide) groups is 1. The quantitative estimate of drug-likeness (QED) is 0.843. The monoisotopic (exact) mass is 298 g/mol. The second-order valence-electron chi connectivity index (χ2n) is 4.72. The zero-order chi connectivity index (χ0) is 13.7. The van der Waals surface area contributed by atoms with Crippen molar-refractivity contribution in [1.82, 2.24) is 10.6 Å². The van der Waals surface area contributed by atoms with Crippen molar-refractivity contribution in [2.24, 2.45) is 0 Å². The molecular formula is C14H19ClN2OS. The normalized spacial score (nSPS) is 19.8. The lowest BCUT2D eigenvalue weighted by atomic mass is 10.1. The molecule has 1 amide bonds. The van der Waals surface area contributed by atoms with Crippen LogP contribution in [0.4, 0.5) is 0 Å². The van der Waals surface area contributed by atoms with E-state index in [1.54, 1.807) is 17.8 Å². The van der Waals surface area contributed by atoms with E-state index in [0.717, 1.165) is 30.8 Å². The van der Waals surface area contributed by atoms with E-state index in [1.165, 1.54) is 6.42 Å². The fourth-order valence-electron chi connectivity index (χ4n) is 2.21. The molecule has 0 aromatic heterocycles. The van der Waals surface area contributed by atoms with E-state index in [-0.39, 0.29) is 11.9 Å². The van der Waals surface area contributed by atoms with Gasteiger partial charge in [0, 0.05) is 17.5 Å². The lowest BCUT2D eigenvalue weighted by Crippen LogP contribution is -2.40. The Bertz CT molecular complexity index is 445. The Balaban J connectivity index is 2.06. The second kappa shape index (κ2) is 7.17. The van der Waals surface area contributed by atoms with Crippen LogP contribution in [-0.4, -0.2) is 31.3 Å². The van der Waals surface area contributed by atoms with Crippen LogP contribution in [-0.2, 0) is 0 Å². The van der Waals surface area contributed by atoms with Gasteiger partial charge in [-0.15, -0.1) is 11.8 Å². The van der Waals surface area contributed by atoms with Gasteiger partial charge in [0.05, 0.1) is 10.6 Å².